The molecule has 1 amide bonds. The van der Waals surface area contributed by atoms with Gasteiger partial charge in [-0.05, 0) is 30.3 Å². The highest BCUT2D eigenvalue weighted by atomic mass is 32.2. The molecule has 3 aromatic rings. The standard InChI is InChI=1S/C22H26N4O5S/c1-25(2)32(28,29)16-8-9-18-17(12-16)24-21(26(18)3)10-11-22(27)23-13-15-14-30-19-6-4-5-7-20(19)31-15/h4-9,12,15H,10-11,13-14H2,1-3H3,(H,23,27)/t15-/m1/s1. The Morgan fingerprint density at radius 2 is 1.97 bits per heavy atom. The molecule has 32 heavy (non-hydrogen) atoms. The van der Waals surface area contributed by atoms with Crippen LogP contribution in [0.4, 0.5) is 0 Å². The number of nitrogens with one attached hydrogen (secondary N) is 1. The van der Waals surface area contributed by atoms with Crippen molar-refractivity contribution < 1.29 is 22.7 Å². The van der Waals surface area contributed by atoms with Gasteiger partial charge in [0, 0.05) is 34.0 Å². The number of benzene rings is 2. The summed E-state index contributed by atoms with van der Waals surface area (Å²) in [5.41, 5.74) is 1.39. The number of hydrogen-bond acceptors (Lipinski definition) is 6. The number of carbonyl (C=O) groups excluding carboxylic acids is 1. The zero-order valence-corrected chi connectivity index (χ0v) is 19.1. The highest BCUT2D eigenvalue weighted by Gasteiger charge is 2.22. The molecule has 1 N–H and O–H groups in total. The van der Waals surface area contributed by atoms with Crippen LogP contribution in [0.3, 0.4) is 0 Å². The zero-order valence-electron chi connectivity index (χ0n) is 18.2. The summed E-state index contributed by atoms with van der Waals surface area (Å²) in [6.45, 7) is 0.724. The maximum absolute atomic E-state index is 12.4. The second-order valence-corrected chi connectivity index (χ2v) is 9.98. The summed E-state index contributed by atoms with van der Waals surface area (Å²) >= 11 is 0. The third kappa shape index (κ3) is 4.42. The Bertz CT molecular complexity index is 1250. The van der Waals surface area contributed by atoms with Crippen LogP contribution in [0, 0.1) is 0 Å². The normalized spacial score (nSPS) is 15.8. The van der Waals surface area contributed by atoms with Crippen LogP contribution < -0.4 is 14.8 Å². The lowest BCUT2D eigenvalue weighted by Crippen LogP contribution is -2.40. The number of para-hydroxylation sites is 2. The van der Waals surface area contributed by atoms with Gasteiger partial charge in [-0.3, -0.25) is 4.79 Å². The van der Waals surface area contributed by atoms with Crippen LogP contribution in [0.25, 0.3) is 11.0 Å². The summed E-state index contributed by atoms with van der Waals surface area (Å²) in [6.07, 6.45) is 0.434. The van der Waals surface area contributed by atoms with Crippen molar-refractivity contribution in [2.75, 3.05) is 27.2 Å². The predicted octanol–water partition coefficient (Wildman–Crippen LogP) is 1.71. The van der Waals surface area contributed by atoms with Gasteiger partial charge >= 0.3 is 0 Å². The van der Waals surface area contributed by atoms with Gasteiger partial charge < -0.3 is 19.4 Å². The minimum atomic E-state index is -3.54. The molecule has 2 heterocycles. The molecule has 10 heteroatoms. The Labute approximate surface area is 187 Å². The Kier molecular flexibility index (Phi) is 6.07. The van der Waals surface area contributed by atoms with Gasteiger partial charge in [0.25, 0.3) is 0 Å². The molecule has 0 saturated carbocycles. The van der Waals surface area contributed by atoms with Crippen molar-refractivity contribution in [3.05, 3.63) is 48.3 Å². The molecule has 0 unspecified atom stereocenters. The molecule has 9 nitrogen and oxygen atoms in total. The van der Waals surface area contributed by atoms with Gasteiger partial charge in [0.05, 0.1) is 22.5 Å². The summed E-state index contributed by atoms with van der Waals surface area (Å²) in [7, 11) is 1.30. The van der Waals surface area contributed by atoms with E-state index in [2.05, 4.69) is 10.3 Å². The van der Waals surface area contributed by atoms with Crippen molar-refractivity contribution in [2.24, 2.45) is 7.05 Å². The Balaban J connectivity index is 1.35. The van der Waals surface area contributed by atoms with Crippen LogP contribution in [0.1, 0.15) is 12.2 Å². The lowest BCUT2D eigenvalue weighted by atomic mass is 10.2. The zero-order chi connectivity index (χ0) is 22.9. The smallest absolute Gasteiger partial charge is 0.242 e. The molecule has 1 aliphatic heterocycles. The van der Waals surface area contributed by atoms with Crippen molar-refractivity contribution in [2.45, 2.75) is 23.8 Å². The van der Waals surface area contributed by atoms with E-state index in [0.29, 0.717) is 42.4 Å². The van der Waals surface area contributed by atoms with E-state index in [1.54, 1.807) is 18.2 Å². The van der Waals surface area contributed by atoms with E-state index < -0.39 is 10.0 Å². The number of hydrogen-bond donors (Lipinski definition) is 1. The number of carbonyl (C=O) groups is 1. The summed E-state index contributed by atoms with van der Waals surface area (Å²) in [5, 5.41) is 2.88. The minimum Gasteiger partial charge on any atom is -0.486 e. The largest absolute Gasteiger partial charge is 0.486 e. The molecule has 0 spiro atoms. The number of ether oxygens (including phenoxy) is 2. The molecule has 0 fully saturated rings. The highest BCUT2D eigenvalue weighted by Crippen LogP contribution is 2.30. The van der Waals surface area contributed by atoms with E-state index >= 15 is 0 Å². The third-order valence-corrected chi connectivity index (χ3v) is 7.20. The molecule has 0 bridgehead atoms. The van der Waals surface area contributed by atoms with E-state index in [0.717, 1.165) is 5.52 Å². The molecule has 4 rings (SSSR count). The highest BCUT2D eigenvalue weighted by molar-refractivity contribution is 7.89. The predicted molar refractivity (Wildman–Crippen MR) is 119 cm³/mol. The number of aromatic nitrogens is 2. The van der Waals surface area contributed by atoms with Crippen molar-refractivity contribution in [3.8, 4) is 11.5 Å². The van der Waals surface area contributed by atoms with E-state index in [1.807, 2.05) is 35.9 Å². The first-order chi connectivity index (χ1) is 15.3. The average Bonchev–Trinajstić information content (AvgIpc) is 3.10. The van der Waals surface area contributed by atoms with Crippen LogP contribution in [-0.2, 0) is 28.3 Å². The third-order valence-electron chi connectivity index (χ3n) is 5.39. The molecular formula is C22H26N4O5S. The summed E-state index contributed by atoms with van der Waals surface area (Å²) in [5.74, 6) is 1.97. The average molecular weight is 459 g/mol. The second kappa shape index (κ2) is 8.79. The van der Waals surface area contributed by atoms with Gasteiger partial charge in [0.1, 0.15) is 18.5 Å². The Morgan fingerprint density at radius 3 is 2.72 bits per heavy atom. The molecule has 0 saturated heterocycles. The van der Waals surface area contributed by atoms with Crippen molar-refractivity contribution in [1.29, 1.82) is 0 Å². The van der Waals surface area contributed by atoms with Gasteiger partial charge in [0.15, 0.2) is 11.5 Å². The van der Waals surface area contributed by atoms with E-state index in [-0.39, 0.29) is 23.3 Å². The first-order valence-electron chi connectivity index (χ1n) is 10.3. The van der Waals surface area contributed by atoms with Crippen molar-refractivity contribution >= 4 is 27.0 Å². The van der Waals surface area contributed by atoms with Gasteiger partial charge in [0.2, 0.25) is 15.9 Å². The molecule has 0 radical (unpaired) electrons. The lowest BCUT2D eigenvalue weighted by molar-refractivity contribution is -0.121. The summed E-state index contributed by atoms with van der Waals surface area (Å²) < 4.78 is 39.3. The molecule has 2 aromatic carbocycles. The first kappa shape index (κ1) is 22.1. The van der Waals surface area contributed by atoms with Crippen LogP contribution in [0.5, 0.6) is 11.5 Å². The number of amides is 1. The van der Waals surface area contributed by atoms with Crippen molar-refractivity contribution in [1.82, 2.24) is 19.2 Å². The van der Waals surface area contributed by atoms with Gasteiger partial charge in [-0.25, -0.2) is 17.7 Å². The van der Waals surface area contributed by atoms with E-state index in [1.165, 1.54) is 18.4 Å². The van der Waals surface area contributed by atoms with Crippen LogP contribution in [0.15, 0.2) is 47.4 Å². The Hall–Kier alpha value is -3.11. The molecular weight excluding hydrogens is 432 g/mol. The number of sulfonamides is 1. The second-order valence-electron chi connectivity index (χ2n) is 7.83. The van der Waals surface area contributed by atoms with Gasteiger partial charge in [-0.2, -0.15) is 0 Å². The van der Waals surface area contributed by atoms with E-state index in [4.69, 9.17) is 9.47 Å². The molecule has 1 aliphatic rings. The molecule has 1 atom stereocenters. The minimum absolute atomic E-state index is 0.115. The van der Waals surface area contributed by atoms with Gasteiger partial charge in [-0.15, -0.1) is 0 Å². The van der Waals surface area contributed by atoms with Gasteiger partial charge in [-0.1, -0.05) is 12.1 Å². The number of fused-ring (bicyclic) bond motifs is 2. The van der Waals surface area contributed by atoms with Crippen molar-refractivity contribution in [3.63, 3.8) is 0 Å². The fourth-order valence-electron chi connectivity index (χ4n) is 3.53. The fourth-order valence-corrected chi connectivity index (χ4v) is 4.45. The Morgan fingerprint density at radius 1 is 1.22 bits per heavy atom. The number of rotatable bonds is 7. The topological polar surface area (TPSA) is 103 Å². The monoisotopic (exact) mass is 458 g/mol. The fraction of sp³-hybridized carbons (Fsp3) is 0.364. The van der Waals surface area contributed by atoms with Crippen LogP contribution >= 0.6 is 0 Å². The van der Waals surface area contributed by atoms with Crippen LogP contribution in [-0.4, -0.2) is 61.5 Å². The molecule has 1 aromatic heterocycles. The lowest BCUT2D eigenvalue weighted by Gasteiger charge is -2.26. The summed E-state index contributed by atoms with van der Waals surface area (Å²) in [4.78, 5) is 17.1. The molecule has 0 aliphatic carbocycles. The van der Waals surface area contributed by atoms with Crippen LogP contribution in [0.2, 0.25) is 0 Å². The first-order valence-corrected chi connectivity index (χ1v) is 11.7. The maximum Gasteiger partial charge on any atom is 0.242 e. The summed E-state index contributed by atoms with van der Waals surface area (Å²) in [6, 6.07) is 12.3. The SMILES string of the molecule is CN(C)S(=O)(=O)c1ccc2c(c1)nc(CCC(=O)NC[C@@H]1COc3ccccc3O1)n2C. The number of imidazole rings is 1. The molecule has 170 valence electrons. The number of aryl methyl sites for hydroxylation is 2. The number of nitrogens with zero attached hydrogens (tertiary/aromatic N) is 3. The van der Waals surface area contributed by atoms with E-state index in [9.17, 15) is 13.2 Å². The maximum atomic E-state index is 12.4. The quantitative estimate of drug-likeness (QED) is 0.578.